The minimum absolute atomic E-state index is 0.0830. The van der Waals surface area contributed by atoms with Gasteiger partial charge >= 0.3 is 5.97 Å². The van der Waals surface area contributed by atoms with Crippen LogP contribution < -0.4 is 10.0 Å². The van der Waals surface area contributed by atoms with Crippen molar-refractivity contribution in [3.63, 3.8) is 0 Å². The normalized spacial score (nSPS) is 12.7. The predicted molar refractivity (Wildman–Crippen MR) is 75.2 cm³/mol. The molecule has 10 heteroatoms. The number of aliphatic hydroxyl groups is 1. The molecule has 0 aliphatic carbocycles. The van der Waals surface area contributed by atoms with E-state index in [0.717, 1.165) is 18.4 Å². The molecule has 3 N–H and O–H groups in total. The third-order valence-corrected chi connectivity index (χ3v) is 5.23. The topological polar surface area (TPSA) is 122 Å². The third-order valence-electron chi connectivity index (χ3n) is 2.37. The van der Waals surface area contributed by atoms with E-state index >= 15 is 0 Å². The standard InChI is InChI=1S/C11H16N2O6S2/c1-19-11(16)8(14)7-12-9(15)4-5-13-21(17,18)10-3-2-6-20-10/h2-3,6,8,13-14H,4-5,7H2,1H3,(H,12,15). The fourth-order valence-electron chi connectivity index (χ4n) is 1.30. The van der Waals surface area contributed by atoms with Crippen LogP contribution in [-0.2, 0) is 24.3 Å². The number of carbonyl (C=O) groups is 2. The summed E-state index contributed by atoms with van der Waals surface area (Å²) in [4.78, 5) is 22.3. The summed E-state index contributed by atoms with van der Waals surface area (Å²) >= 11 is 1.07. The summed E-state index contributed by atoms with van der Waals surface area (Å²) in [5, 5.41) is 13.2. The van der Waals surface area contributed by atoms with Gasteiger partial charge in [0, 0.05) is 13.0 Å². The molecule has 21 heavy (non-hydrogen) atoms. The molecule has 0 aromatic carbocycles. The number of aliphatic hydroxyl groups excluding tert-OH is 1. The van der Waals surface area contributed by atoms with E-state index in [9.17, 15) is 23.1 Å². The van der Waals surface area contributed by atoms with E-state index in [-0.39, 0.29) is 23.7 Å². The second-order valence-electron chi connectivity index (χ2n) is 3.92. The molecule has 1 aromatic rings. The lowest BCUT2D eigenvalue weighted by molar-refractivity contribution is -0.150. The van der Waals surface area contributed by atoms with Gasteiger partial charge in [0.1, 0.15) is 4.21 Å². The van der Waals surface area contributed by atoms with Gasteiger partial charge in [-0.15, -0.1) is 11.3 Å². The molecule has 1 rings (SSSR count). The van der Waals surface area contributed by atoms with Crippen molar-refractivity contribution in [2.75, 3.05) is 20.2 Å². The number of methoxy groups -OCH3 is 1. The van der Waals surface area contributed by atoms with Crippen molar-refractivity contribution in [3.05, 3.63) is 17.5 Å². The number of thiophene rings is 1. The molecule has 1 atom stereocenters. The molecule has 0 radical (unpaired) electrons. The molecule has 0 saturated carbocycles. The summed E-state index contributed by atoms with van der Waals surface area (Å²) in [5.74, 6) is -1.35. The lowest BCUT2D eigenvalue weighted by Gasteiger charge is -2.10. The number of hydrogen-bond acceptors (Lipinski definition) is 7. The van der Waals surface area contributed by atoms with Gasteiger partial charge in [-0.3, -0.25) is 4.79 Å². The Labute approximate surface area is 126 Å². The number of hydrogen-bond donors (Lipinski definition) is 3. The Hall–Kier alpha value is -1.49. The maximum absolute atomic E-state index is 11.7. The largest absolute Gasteiger partial charge is 0.467 e. The van der Waals surface area contributed by atoms with Crippen LogP contribution in [0.4, 0.5) is 0 Å². The maximum Gasteiger partial charge on any atom is 0.336 e. The van der Waals surface area contributed by atoms with Crippen LogP contribution in [0.15, 0.2) is 21.7 Å². The fourth-order valence-corrected chi connectivity index (χ4v) is 3.37. The number of ether oxygens (including phenoxy) is 1. The van der Waals surface area contributed by atoms with Gasteiger partial charge < -0.3 is 15.2 Å². The van der Waals surface area contributed by atoms with Gasteiger partial charge in [0.05, 0.1) is 13.7 Å². The zero-order valence-electron chi connectivity index (χ0n) is 11.2. The highest BCUT2D eigenvalue weighted by Gasteiger charge is 2.17. The first-order valence-electron chi connectivity index (χ1n) is 5.92. The molecule has 1 heterocycles. The molecule has 1 aromatic heterocycles. The van der Waals surface area contributed by atoms with Gasteiger partial charge in [0.2, 0.25) is 15.9 Å². The number of esters is 1. The number of sulfonamides is 1. The van der Waals surface area contributed by atoms with Crippen molar-refractivity contribution < 1.29 is 27.9 Å². The summed E-state index contributed by atoms with van der Waals surface area (Å²) < 4.78 is 30.2. The molecular formula is C11H16N2O6S2. The van der Waals surface area contributed by atoms with Crippen LogP contribution in [0.25, 0.3) is 0 Å². The quantitative estimate of drug-likeness (QED) is 0.527. The van der Waals surface area contributed by atoms with Crippen LogP contribution in [-0.4, -0.2) is 51.7 Å². The SMILES string of the molecule is COC(=O)C(O)CNC(=O)CCNS(=O)(=O)c1cccs1. The molecule has 0 spiro atoms. The van der Waals surface area contributed by atoms with E-state index in [1.165, 1.54) is 6.07 Å². The molecule has 118 valence electrons. The average Bonchev–Trinajstić information content (AvgIpc) is 2.98. The van der Waals surface area contributed by atoms with Crippen molar-refractivity contribution in [1.82, 2.24) is 10.0 Å². The number of nitrogens with one attached hydrogen (secondary N) is 2. The highest BCUT2D eigenvalue weighted by Crippen LogP contribution is 2.14. The predicted octanol–water partition coefficient (Wildman–Crippen LogP) is -0.933. The highest BCUT2D eigenvalue weighted by atomic mass is 32.2. The number of carbonyl (C=O) groups excluding carboxylic acids is 2. The van der Waals surface area contributed by atoms with Crippen LogP contribution >= 0.6 is 11.3 Å². The number of rotatable bonds is 8. The van der Waals surface area contributed by atoms with E-state index < -0.39 is 28.0 Å². The first-order chi connectivity index (χ1) is 9.86. The first kappa shape index (κ1) is 17.6. The Balaban J connectivity index is 2.30. The fraction of sp³-hybridized carbons (Fsp3) is 0.455. The summed E-state index contributed by atoms with van der Waals surface area (Å²) in [6.45, 7) is -0.371. The Morgan fingerprint density at radius 3 is 2.76 bits per heavy atom. The Bertz CT molecular complexity index is 570. The van der Waals surface area contributed by atoms with Crippen molar-refractivity contribution in [2.24, 2.45) is 0 Å². The Kier molecular flexibility index (Phi) is 6.75. The van der Waals surface area contributed by atoms with E-state index in [4.69, 9.17) is 0 Å². The Morgan fingerprint density at radius 1 is 1.48 bits per heavy atom. The minimum atomic E-state index is -3.60. The van der Waals surface area contributed by atoms with Crippen molar-refractivity contribution in [1.29, 1.82) is 0 Å². The van der Waals surface area contributed by atoms with Gasteiger partial charge in [0.15, 0.2) is 6.10 Å². The van der Waals surface area contributed by atoms with Gasteiger partial charge in [-0.2, -0.15) is 0 Å². The van der Waals surface area contributed by atoms with Crippen LogP contribution in [0.2, 0.25) is 0 Å². The van der Waals surface area contributed by atoms with Gasteiger partial charge in [-0.1, -0.05) is 6.07 Å². The smallest absolute Gasteiger partial charge is 0.336 e. The molecular weight excluding hydrogens is 320 g/mol. The van der Waals surface area contributed by atoms with E-state index in [1.807, 2.05) is 0 Å². The monoisotopic (exact) mass is 336 g/mol. The number of amides is 1. The molecule has 0 saturated heterocycles. The average molecular weight is 336 g/mol. The van der Waals surface area contributed by atoms with E-state index in [0.29, 0.717) is 0 Å². The van der Waals surface area contributed by atoms with E-state index in [1.54, 1.807) is 11.4 Å². The van der Waals surface area contributed by atoms with Crippen LogP contribution in [0.5, 0.6) is 0 Å². The zero-order chi connectivity index (χ0) is 15.9. The summed E-state index contributed by atoms with van der Waals surface area (Å²) in [6.07, 6.45) is -1.56. The van der Waals surface area contributed by atoms with Crippen LogP contribution in [0.3, 0.4) is 0 Å². The molecule has 8 nitrogen and oxygen atoms in total. The lowest BCUT2D eigenvalue weighted by atomic mass is 10.3. The summed E-state index contributed by atoms with van der Waals surface area (Å²) in [7, 11) is -2.48. The maximum atomic E-state index is 11.7. The zero-order valence-corrected chi connectivity index (χ0v) is 12.9. The van der Waals surface area contributed by atoms with Crippen molar-refractivity contribution >= 4 is 33.2 Å². The Morgan fingerprint density at radius 2 is 2.19 bits per heavy atom. The van der Waals surface area contributed by atoms with Gasteiger partial charge in [0.25, 0.3) is 0 Å². The molecule has 0 aliphatic rings. The molecule has 0 fully saturated rings. The lowest BCUT2D eigenvalue weighted by Crippen LogP contribution is -2.38. The van der Waals surface area contributed by atoms with Crippen molar-refractivity contribution in [2.45, 2.75) is 16.7 Å². The molecule has 1 unspecified atom stereocenters. The van der Waals surface area contributed by atoms with Crippen LogP contribution in [0, 0.1) is 0 Å². The second kappa shape index (κ2) is 8.08. The van der Waals surface area contributed by atoms with Gasteiger partial charge in [-0.25, -0.2) is 17.9 Å². The molecule has 1 amide bonds. The van der Waals surface area contributed by atoms with E-state index in [2.05, 4.69) is 14.8 Å². The van der Waals surface area contributed by atoms with Crippen molar-refractivity contribution in [3.8, 4) is 0 Å². The van der Waals surface area contributed by atoms with Gasteiger partial charge in [-0.05, 0) is 11.4 Å². The molecule has 0 aliphatic heterocycles. The molecule has 0 bridgehead atoms. The highest BCUT2D eigenvalue weighted by molar-refractivity contribution is 7.91. The second-order valence-corrected chi connectivity index (χ2v) is 6.86. The third kappa shape index (κ3) is 5.79. The van der Waals surface area contributed by atoms with Crippen LogP contribution in [0.1, 0.15) is 6.42 Å². The summed E-state index contributed by atoms with van der Waals surface area (Å²) in [6, 6.07) is 3.07. The minimum Gasteiger partial charge on any atom is -0.467 e. The first-order valence-corrected chi connectivity index (χ1v) is 8.29. The summed E-state index contributed by atoms with van der Waals surface area (Å²) in [5.41, 5.74) is 0.